The van der Waals surface area contributed by atoms with Gasteiger partial charge in [-0.2, -0.15) is 0 Å². The Morgan fingerprint density at radius 2 is 1.65 bits per heavy atom. The smallest absolute Gasteiger partial charge is 0.127 e. The number of hydrogen-bond donors (Lipinski definition) is 0. The Morgan fingerprint density at radius 1 is 0.941 bits per heavy atom. The van der Waals surface area contributed by atoms with E-state index in [1.807, 2.05) is 51.1 Å². The molecule has 0 amide bonds. The normalized spacial score (nSPS) is 10.9. The van der Waals surface area contributed by atoms with Crippen LogP contribution in [-0.2, 0) is 0 Å². The minimum absolute atomic E-state index is 0.112. The highest BCUT2D eigenvalue weighted by Crippen LogP contribution is 2.25. The van der Waals surface area contributed by atoms with Crippen molar-refractivity contribution in [2.75, 3.05) is 0 Å². The highest BCUT2D eigenvalue weighted by Gasteiger charge is 2.08. The lowest BCUT2D eigenvalue weighted by atomic mass is 9.97. The standard InChI is InChI=1S/C16H17F/c1-11(2)15-8-7-14(10-16(15)17)13-6-4-5-12(3)9-13/h4-11H,1-3H3. The second-order valence-corrected chi connectivity index (χ2v) is 4.76. The fraction of sp³-hybridized carbons (Fsp3) is 0.250. The number of rotatable bonds is 2. The van der Waals surface area contributed by atoms with Crippen LogP contribution in [0, 0.1) is 12.7 Å². The summed E-state index contributed by atoms with van der Waals surface area (Å²) in [5.74, 6) is 0.112. The topological polar surface area (TPSA) is 0 Å². The van der Waals surface area contributed by atoms with Gasteiger partial charge in [0.15, 0.2) is 0 Å². The molecule has 0 heterocycles. The maximum atomic E-state index is 13.9. The molecule has 0 saturated carbocycles. The van der Waals surface area contributed by atoms with Crippen LogP contribution in [0.15, 0.2) is 42.5 Å². The van der Waals surface area contributed by atoms with E-state index >= 15 is 0 Å². The molecule has 1 heteroatoms. The molecule has 0 spiro atoms. The quantitative estimate of drug-likeness (QED) is 0.684. The molecule has 2 aromatic carbocycles. The SMILES string of the molecule is Cc1cccc(-c2ccc(C(C)C)c(F)c2)c1. The summed E-state index contributed by atoms with van der Waals surface area (Å²) in [5, 5.41) is 0. The summed E-state index contributed by atoms with van der Waals surface area (Å²) in [4.78, 5) is 0. The molecule has 0 aliphatic heterocycles. The lowest BCUT2D eigenvalue weighted by Gasteiger charge is -2.09. The number of aryl methyl sites for hydroxylation is 1. The summed E-state index contributed by atoms with van der Waals surface area (Å²) in [6, 6.07) is 13.6. The summed E-state index contributed by atoms with van der Waals surface area (Å²) in [6.45, 7) is 6.05. The zero-order valence-corrected chi connectivity index (χ0v) is 10.5. The van der Waals surface area contributed by atoms with E-state index in [2.05, 4.69) is 6.07 Å². The summed E-state index contributed by atoms with van der Waals surface area (Å²) in [7, 11) is 0. The fourth-order valence-electron chi connectivity index (χ4n) is 2.00. The summed E-state index contributed by atoms with van der Waals surface area (Å²) in [6.07, 6.45) is 0. The summed E-state index contributed by atoms with van der Waals surface area (Å²) in [5.41, 5.74) is 3.98. The first kappa shape index (κ1) is 11.8. The molecule has 0 N–H and O–H groups in total. The zero-order chi connectivity index (χ0) is 12.4. The van der Waals surface area contributed by atoms with Gasteiger partial charge in [0, 0.05) is 0 Å². The zero-order valence-electron chi connectivity index (χ0n) is 10.5. The molecule has 0 atom stereocenters. The van der Waals surface area contributed by atoms with Crippen LogP contribution >= 0.6 is 0 Å². The summed E-state index contributed by atoms with van der Waals surface area (Å²) >= 11 is 0. The van der Waals surface area contributed by atoms with Crippen molar-refractivity contribution < 1.29 is 4.39 Å². The highest BCUT2D eigenvalue weighted by molar-refractivity contribution is 5.64. The Balaban J connectivity index is 2.44. The Morgan fingerprint density at radius 3 is 2.24 bits per heavy atom. The number of halogens is 1. The maximum Gasteiger partial charge on any atom is 0.127 e. The minimum Gasteiger partial charge on any atom is -0.207 e. The van der Waals surface area contributed by atoms with Gasteiger partial charge >= 0.3 is 0 Å². The second kappa shape index (κ2) is 4.70. The van der Waals surface area contributed by atoms with Gasteiger partial charge in [0.25, 0.3) is 0 Å². The van der Waals surface area contributed by atoms with Gasteiger partial charge in [0.2, 0.25) is 0 Å². The maximum absolute atomic E-state index is 13.9. The molecule has 0 nitrogen and oxygen atoms in total. The average molecular weight is 228 g/mol. The van der Waals surface area contributed by atoms with E-state index in [1.54, 1.807) is 6.07 Å². The molecular weight excluding hydrogens is 211 g/mol. The number of hydrogen-bond acceptors (Lipinski definition) is 0. The van der Waals surface area contributed by atoms with Crippen LogP contribution in [0.2, 0.25) is 0 Å². The van der Waals surface area contributed by atoms with Gasteiger partial charge in [-0.05, 0) is 35.6 Å². The highest BCUT2D eigenvalue weighted by atomic mass is 19.1. The van der Waals surface area contributed by atoms with Crippen LogP contribution in [0.1, 0.15) is 30.9 Å². The molecule has 0 radical (unpaired) electrons. The first-order valence-electron chi connectivity index (χ1n) is 5.94. The first-order chi connectivity index (χ1) is 8.08. The molecule has 0 unspecified atom stereocenters. The van der Waals surface area contributed by atoms with Crippen LogP contribution < -0.4 is 0 Å². The van der Waals surface area contributed by atoms with Gasteiger partial charge in [-0.25, -0.2) is 4.39 Å². The van der Waals surface area contributed by atoms with Crippen LogP contribution in [0.5, 0.6) is 0 Å². The molecule has 88 valence electrons. The van der Waals surface area contributed by atoms with Crippen LogP contribution in [0.25, 0.3) is 11.1 Å². The van der Waals surface area contributed by atoms with Crippen LogP contribution in [0.3, 0.4) is 0 Å². The molecular formula is C16H17F. The van der Waals surface area contributed by atoms with Gasteiger partial charge in [-0.3, -0.25) is 0 Å². The van der Waals surface area contributed by atoms with E-state index in [0.717, 1.165) is 16.7 Å². The van der Waals surface area contributed by atoms with Crippen molar-refractivity contribution in [3.63, 3.8) is 0 Å². The second-order valence-electron chi connectivity index (χ2n) is 4.76. The van der Waals surface area contributed by atoms with Gasteiger partial charge in [-0.15, -0.1) is 0 Å². The van der Waals surface area contributed by atoms with Crippen LogP contribution in [0.4, 0.5) is 4.39 Å². The lowest BCUT2D eigenvalue weighted by molar-refractivity contribution is 0.599. The van der Waals surface area contributed by atoms with E-state index in [0.29, 0.717) is 0 Å². The van der Waals surface area contributed by atoms with Gasteiger partial charge in [0.1, 0.15) is 5.82 Å². The van der Waals surface area contributed by atoms with E-state index in [9.17, 15) is 4.39 Å². The largest absolute Gasteiger partial charge is 0.207 e. The van der Waals surface area contributed by atoms with E-state index < -0.39 is 0 Å². The van der Waals surface area contributed by atoms with E-state index in [1.165, 1.54) is 5.56 Å². The Labute approximate surface area is 102 Å². The van der Waals surface area contributed by atoms with Crippen molar-refractivity contribution in [1.82, 2.24) is 0 Å². The van der Waals surface area contributed by atoms with Crippen molar-refractivity contribution in [3.05, 3.63) is 59.4 Å². The third-order valence-corrected chi connectivity index (χ3v) is 2.97. The molecule has 0 bridgehead atoms. The van der Waals surface area contributed by atoms with E-state index in [-0.39, 0.29) is 11.7 Å². The molecule has 0 aromatic heterocycles. The van der Waals surface area contributed by atoms with Gasteiger partial charge in [0.05, 0.1) is 0 Å². The van der Waals surface area contributed by atoms with Crippen molar-refractivity contribution in [1.29, 1.82) is 0 Å². The van der Waals surface area contributed by atoms with Crippen molar-refractivity contribution in [2.45, 2.75) is 26.7 Å². The Hall–Kier alpha value is -1.63. The minimum atomic E-state index is -0.112. The average Bonchev–Trinajstić information content (AvgIpc) is 2.28. The first-order valence-corrected chi connectivity index (χ1v) is 5.94. The van der Waals surface area contributed by atoms with E-state index in [4.69, 9.17) is 0 Å². The van der Waals surface area contributed by atoms with Crippen molar-refractivity contribution in [3.8, 4) is 11.1 Å². The molecule has 17 heavy (non-hydrogen) atoms. The Kier molecular flexibility index (Phi) is 3.28. The third kappa shape index (κ3) is 2.55. The Bertz CT molecular complexity index is 527. The predicted molar refractivity (Wildman–Crippen MR) is 70.7 cm³/mol. The molecule has 2 rings (SSSR count). The van der Waals surface area contributed by atoms with Crippen LogP contribution in [-0.4, -0.2) is 0 Å². The molecule has 2 aromatic rings. The molecule has 0 fully saturated rings. The third-order valence-electron chi connectivity index (χ3n) is 2.97. The lowest BCUT2D eigenvalue weighted by Crippen LogP contribution is -1.93. The van der Waals surface area contributed by atoms with Gasteiger partial charge < -0.3 is 0 Å². The summed E-state index contributed by atoms with van der Waals surface area (Å²) < 4.78 is 13.9. The molecule has 0 aliphatic carbocycles. The van der Waals surface area contributed by atoms with Crippen molar-refractivity contribution in [2.24, 2.45) is 0 Å². The molecule has 0 saturated heterocycles. The molecule has 0 aliphatic rings. The number of benzene rings is 2. The monoisotopic (exact) mass is 228 g/mol. The van der Waals surface area contributed by atoms with Crippen molar-refractivity contribution >= 4 is 0 Å². The fourth-order valence-corrected chi connectivity index (χ4v) is 2.00. The van der Waals surface area contributed by atoms with Gasteiger partial charge in [-0.1, -0.05) is 55.8 Å². The predicted octanol–water partition coefficient (Wildman–Crippen LogP) is 4.92.